The van der Waals surface area contributed by atoms with Crippen LogP contribution in [-0.2, 0) is 0 Å². The van der Waals surface area contributed by atoms with Gasteiger partial charge in [-0.1, -0.05) is 30.4 Å². The third-order valence-corrected chi connectivity index (χ3v) is 5.67. The Kier molecular flexibility index (Phi) is 4.86. The van der Waals surface area contributed by atoms with E-state index in [1.807, 2.05) is 0 Å². The summed E-state index contributed by atoms with van der Waals surface area (Å²) >= 11 is 0. The molecule has 2 heteroatoms. The number of hydrogen-bond donors (Lipinski definition) is 1. The molecule has 2 nitrogen and oxygen atoms in total. The molecule has 0 aromatic heterocycles. The first kappa shape index (κ1) is 18.2. The first-order valence-corrected chi connectivity index (χ1v) is 9.15. The minimum absolute atomic E-state index is 0.944. The Balaban J connectivity index is 2.38. The first-order valence-electron chi connectivity index (χ1n) is 9.15. The molecule has 2 aromatic rings. The molecule has 0 spiro atoms. The van der Waals surface area contributed by atoms with Crippen molar-refractivity contribution in [1.29, 1.82) is 5.41 Å². The van der Waals surface area contributed by atoms with Gasteiger partial charge in [-0.05, 0) is 79.1 Å². The number of nitrogens with zero attached hydrogens (tertiary/aromatic N) is 1. The zero-order valence-corrected chi connectivity index (χ0v) is 16.7. The minimum Gasteiger partial charge on any atom is -0.377 e. The Morgan fingerprint density at radius 1 is 0.923 bits per heavy atom. The summed E-state index contributed by atoms with van der Waals surface area (Å²) in [6, 6.07) is 8.79. The van der Waals surface area contributed by atoms with Crippen molar-refractivity contribution in [2.75, 3.05) is 19.0 Å². The molecule has 1 aliphatic rings. The highest BCUT2D eigenvalue weighted by Gasteiger charge is 2.20. The van der Waals surface area contributed by atoms with Crippen molar-refractivity contribution in [2.45, 2.75) is 34.1 Å². The van der Waals surface area contributed by atoms with Crippen molar-refractivity contribution in [2.24, 2.45) is 0 Å². The van der Waals surface area contributed by atoms with Gasteiger partial charge in [0.25, 0.3) is 0 Å². The topological polar surface area (TPSA) is 27.1 Å². The van der Waals surface area contributed by atoms with E-state index in [4.69, 9.17) is 5.41 Å². The zero-order chi connectivity index (χ0) is 19.0. The highest BCUT2D eigenvalue weighted by atomic mass is 15.1. The largest absolute Gasteiger partial charge is 0.377 e. The van der Waals surface area contributed by atoms with E-state index in [1.54, 1.807) is 0 Å². The molecule has 0 radical (unpaired) electrons. The number of aryl methyl sites for hydroxylation is 1. The normalized spacial score (nSPS) is 13.5. The molecule has 0 heterocycles. The lowest BCUT2D eigenvalue weighted by Crippen LogP contribution is -2.12. The predicted octanol–water partition coefficient (Wildman–Crippen LogP) is 6.08. The van der Waals surface area contributed by atoms with Gasteiger partial charge in [0.05, 0.1) is 0 Å². The van der Waals surface area contributed by atoms with Gasteiger partial charge in [-0.15, -0.1) is 0 Å². The van der Waals surface area contributed by atoms with Crippen LogP contribution in [0.2, 0.25) is 0 Å². The van der Waals surface area contributed by atoms with Crippen LogP contribution in [0.25, 0.3) is 16.7 Å². The number of hydrogen-bond acceptors (Lipinski definition) is 2. The first-order chi connectivity index (χ1) is 12.4. The molecule has 1 aliphatic carbocycles. The van der Waals surface area contributed by atoms with Crippen LogP contribution < -0.4 is 4.90 Å². The Morgan fingerprint density at radius 2 is 1.62 bits per heavy atom. The average Bonchev–Trinajstić information content (AvgIpc) is 3.04. The number of nitrogens with one attached hydrogen (secondary N) is 1. The molecule has 0 fully saturated rings. The smallest absolute Gasteiger partial charge is 0.0447 e. The van der Waals surface area contributed by atoms with Crippen LogP contribution >= 0.6 is 0 Å². The van der Waals surface area contributed by atoms with Crippen LogP contribution in [0.5, 0.6) is 0 Å². The summed E-state index contributed by atoms with van der Waals surface area (Å²) in [6.45, 7) is 8.70. The van der Waals surface area contributed by atoms with Crippen molar-refractivity contribution >= 4 is 17.5 Å². The van der Waals surface area contributed by atoms with E-state index >= 15 is 0 Å². The molecule has 0 unspecified atom stereocenters. The van der Waals surface area contributed by atoms with Crippen molar-refractivity contribution in [3.05, 3.63) is 69.8 Å². The maximum Gasteiger partial charge on any atom is 0.0447 e. The van der Waals surface area contributed by atoms with Crippen LogP contribution in [0.1, 0.15) is 41.2 Å². The number of benzene rings is 2. The fourth-order valence-electron chi connectivity index (χ4n) is 3.84. The molecule has 26 heavy (non-hydrogen) atoms. The number of anilines is 1. The molecule has 1 N–H and O–H groups in total. The maximum atomic E-state index is 8.22. The SMILES string of the molecule is CC1=C(c2ccc(N(C)C)c(-c3ccc(C)c(C)c3C)c2C=N)CC=C1. The van der Waals surface area contributed by atoms with E-state index < -0.39 is 0 Å². The van der Waals surface area contributed by atoms with E-state index in [2.05, 4.69) is 83.1 Å². The number of allylic oxidation sites excluding steroid dienone is 4. The van der Waals surface area contributed by atoms with Crippen LogP contribution in [-0.4, -0.2) is 20.3 Å². The van der Waals surface area contributed by atoms with E-state index in [9.17, 15) is 0 Å². The van der Waals surface area contributed by atoms with Gasteiger partial charge in [0.1, 0.15) is 0 Å². The molecular weight excluding hydrogens is 316 g/mol. The lowest BCUT2D eigenvalue weighted by Gasteiger charge is -2.24. The lowest BCUT2D eigenvalue weighted by molar-refractivity contribution is 1.13. The Hall–Kier alpha value is -2.61. The van der Waals surface area contributed by atoms with Crippen molar-refractivity contribution in [3.8, 4) is 11.1 Å². The highest BCUT2D eigenvalue weighted by molar-refractivity contribution is 6.01. The summed E-state index contributed by atoms with van der Waals surface area (Å²) in [6.07, 6.45) is 6.87. The molecule has 3 rings (SSSR count). The fourth-order valence-corrected chi connectivity index (χ4v) is 3.84. The molecule has 2 aromatic carbocycles. The van der Waals surface area contributed by atoms with Crippen LogP contribution in [0.3, 0.4) is 0 Å². The second kappa shape index (κ2) is 6.95. The quantitative estimate of drug-likeness (QED) is 0.669. The Morgan fingerprint density at radius 3 is 2.19 bits per heavy atom. The van der Waals surface area contributed by atoms with Gasteiger partial charge in [-0.2, -0.15) is 0 Å². The lowest BCUT2D eigenvalue weighted by atomic mass is 9.86. The summed E-state index contributed by atoms with van der Waals surface area (Å²) < 4.78 is 0. The standard InChI is InChI=1S/C24H28N2/c1-15-10-11-20(18(4)17(15)3)24-22(14-25)21(12-13-23(24)26(5)6)19-9-7-8-16(19)2/h7-8,10-14,25H,9H2,1-6H3. The molecule has 0 bridgehead atoms. The monoisotopic (exact) mass is 344 g/mol. The molecular formula is C24H28N2. The van der Waals surface area contributed by atoms with E-state index in [1.165, 1.54) is 45.2 Å². The molecule has 0 saturated carbocycles. The van der Waals surface area contributed by atoms with Crippen LogP contribution in [0.4, 0.5) is 5.69 Å². The van der Waals surface area contributed by atoms with Gasteiger partial charge in [-0.25, -0.2) is 0 Å². The van der Waals surface area contributed by atoms with Gasteiger partial charge in [0, 0.05) is 37.1 Å². The maximum absolute atomic E-state index is 8.22. The predicted molar refractivity (Wildman–Crippen MR) is 115 cm³/mol. The summed E-state index contributed by atoms with van der Waals surface area (Å²) in [7, 11) is 4.15. The second-order valence-corrected chi connectivity index (χ2v) is 7.41. The van der Waals surface area contributed by atoms with Gasteiger partial charge in [-0.3, -0.25) is 0 Å². The number of rotatable bonds is 4. The van der Waals surface area contributed by atoms with Gasteiger partial charge in [0.15, 0.2) is 0 Å². The highest BCUT2D eigenvalue weighted by Crippen LogP contribution is 2.41. The third kappa shape index (κ3) is 2.90. The minimum atomic E-state index is 0.944. The molecule has 134 valence electrons. The van der Waals surface area contributed by atoms with Gasteiger partial charge < -0.3 is 10.3 Å². The van der Waals surface area contributed by atoms with Crippen molar-refractivity contribution < 1.29 is 0 Å². The Bertz CT molecular complexity index is 943. The van der Waals surface area contributed by atoms with E-state index in [0.717, 1.165) is 23.2 Å². The van der Waals surface area contributed by atoms with Crippen LogP contribution in [0, 0.1) is 26.2 Å². The summed E-state index contributed by atoms with van der Waals surface area (Å²) in [4.78, 5) is 2.15. The second-order valence-electron chi connectivity index (χ2n) is 7.41. The Labute approximate surface area is 157 Å². The summed E-state index contributed by atoms with van der Waals surface area (Å²) in [5.41, 5.74) is 12.3. The molecule has 0 atom stereocenters. The van der Waals surface area contributed by atoms with Gasteiger partial charge in [0.2, 0.25) is 0 Å². The fraction of sp³-hybridized carbons (Fsp3) is 0.292. The van der Waals surface area contributed by atoms with E-state index in [-0.39, 0.29) is 0 Å². The molecule has 0 amide bonds. The molecule has 0 saturated heterocycles. The van der Waals surface area contributed by atoms with Gasteiger partial charge >= 0.3 is 0 Å². The van der Waals surface area contributed by atoms with E-state index in [0.29, 0.717) is 0 Å². The molecule has 0 aliphatic heterocycles. The van der Waals surface area contributed by atoms with Crippen LogP contribution in [0.15, 0.2) is 42.0 Å². The zero-order valence-electron chi connectivity index (χ0n) is 16.7. The third-order valence-electron chi connectivity index (χ3n) is 5.67. The average molecular weight is 345 g/mol. The van der Waals surface area contributed by atoms with Crippen molar-refractivity contribution in [1.82, 2.24) is 0 Å². The summed E-state index contributed by atoms with van der Waals surface area (Å²) in [5.74, 6) is 0. The summed E-state index contributed by atoms with van der Waals surface area (Å²) in [5, 5.41) is 8.22. The van der Waals surface area contributed by atoms with Crippen molar-refractivity contribution in [3.63, 3.8) is 0 Å².